The molecule has 1 amide bonds. The Balaban J connectivity index is 1.33. The molecule has 160 valence electrons. The summed E-state index contributed by atoms with van der Waals surface area (Å²) < 4.78 is 0. The van der Waals surface area contributed by atoms with Gasteiger partial charge < -0.3 is 15.1 Å². The molecule has 1 saturated heterocycles. The quantitative estimate of drug-likeness (QED) is 0.704. The van der Waals surface area contributed by atoms with Crippen LogP contribution < -0.4 is 5.32 Å². The van der Waals surface area contributed by atoms with Crippen molar-refractivity contribution in [3.05, 3.63) is 41.5 Å². The second kappa shape index (κ2) is 10.9. The average Bonchev–Trinajstić information content (AvgIpc) is 2.74. The summed E-state index contributed by atoms with van der Waals surface area (Å²) in [5.74, 6) is 0.835. The molecule has 0 bridgehead atoms. The molecule has 29 heavy (non-hydrogen) atoms. The van der Waals surface area contributed by atoms with Crippen LogP contribution in [0.1, 0.15) is 56.6 Å². The van der Waals surface area contributed by atoms with Gasteiger partial charge in [0.1, 0.15) is 0 Å². The van der Waals surface area contributed by atoms with Crippen LogP contribution in [-0.2, 0) is 4.79 Å². The van der Waals surface area contributed by atoms with Crippen LogP contribution >= 0.6 is 0 Å². The predicted molar refractivity (Wildman–Crippen MR) is 122 cm³/mol. The number of nitrogens with zero attached hydrogens (tertiary/aromatic N) is 2. The fraction of sp³-hybridized carbons (Fsp3) is 0.640. The van der Waals surface area contributed by atoms with E-state index in [4.69, 9.17) is 0 Å². The summed E-state index contributed by atoms with van der Waals surface area (Å²) in [5.41, 5.74) is 2.29. The van der Waals surface area contributed by atoms with Gasteiger partial charge >= 0.3 is 0 Å². The first-order chi connectivity index (χ1) is 14.0. The van der Waals surface area contributed by atoms with Gasteiger partial charge in [-0.3, -0.25) is 4.79 Å². The highest BCUT2D eigenvalue weighted by atomic mass is 16.1. The molecule has 1 aromatic rings. The zero-order valence-corrected chi connectivity index (χ0v) is 18.6. The van der Waals surface area contributed by atoms with Crippen molar-refractivity contribution in [3.8, 4) is 0 Å². The average molecular weight is 398 g/mol. The molecule has 1 heterocycles. The fourth-order valence-electron chi connectivity index (χ4n) is 4.97. The number of piperidine rings is 1. The fourth-order valence-corrected chi connectivity index (χ4v) is 4.97. The van der Waals surface area contributed by atoms with E-state index in [0.717, 1.165) is 49.7 Å². The number of carbonyl (C=O) groups excluding carboxylic acids is 1. The lowest BCUT2D eigenvalue weighted by molar-refractivity contribution is -0.116. The van der Waals surface area contributed by atoms with Crippen LogP contribution in [0.25, 0.3) is 6.08 Å². The van der Waals surface area contributed by atoms with Crippen LogP contribution in [-0.4, -0.2) is 61.0 Å². The standard InChI is InChI=1S/C25H39N3O/c1-20-8-10-22(11-9-20)12-13-25(29)26-16-19-28-17-14-23(15-18-28)27(3)24-7-5-4-6-21(24)2/h8-13,21,23-24H,4-7,14-19H2,1-3H3,(H,26,29)/b13-12+/t21-,24+/m1/s1. The molecule has 0 unspecified atom stereocenters. The van der Waals surface area contributed by atoms with Gasteiger partial charge in [-0.2, -0.15) is 0 Å². The molecule has 0 aromatic heterocycles. The number of hydrogen-bond donors (Lipinski definition) is 1. The predicted octanol–water partition coefficient (Wildman–Crippen LogP) is 4.10. The minimum Gasteiger partial charge on any atom is -0.351 e. The molecule has 2 aliphatic rings. The lowest BCUT2D eigenvalue weighted by Crippen LogP contribution is -2.50. The molecule has 1 N–H and O–H groups in total. The van der Waals surface area contributed by atoms with E-state index in [2.05, 4.69) is 48.1 Å². The molecule has 1 aliphatic carbocycles. The third-order valence-corrected chi connectivity index (χ3v) is 6.95. The van der Waals surface area contributed by atoms with E-state index in [9.17, 15) is 4.79 Å². The summed E-state index contributed by atoms with van der Waals surface area (Å²) in [6.07, 6.45) is 11.6. The summed E-state index contributed by atoms with van der Waals surface area (Å²) in [6.45, 7) is 8.46. The number of benzene rings is 1. The van der Waals surface area contributed by atoms with Crippen molar-refractivity contribution in [1.82, 2.24) is 15.1 Å². The van der Waals surface area contributed by atoms with Crippen LogP contribution in [0.5, 0.6) is 0 Å². The van der Waals surface area contributed by atoms with E-state index in [1.54, 1.807) is 6.08 Å². The van der Waals surface area contributed by atoms with Crippen molar-refractivity contribution in [3.63, 3.8) is 0 Å². The van der Waals surface area contributed by atoms with Gasteiger partial charge in [-0.1, -0.05) is 49.6 Å². The first-order valence-electron chi connectivity index (χ1n) is 11.5. The Morgan fingerprint density at radius 3 is 2.52 bits per heavy atom. The van der Waals surface area contributed by atoms with Gasteiger partial charge in [0.25, 0.3) is 0 Å². The third-order valence-electron chi connectivity index (χ3n) is 6.95. The number of rotatable bonds is 7. The molecule has 2 atom stereocenters. The van der Waals surface area contributed by atoms with Crippen molar-refractivity contribution in [2.75, 3.05) is 33.2 Å². The molecular weight excluding hydrogens is 358 g/mol. The van der Waals surface area contributed by atoms with Gasteiger partial charge in [-0.05, 0) is 70.3 Å². The van der Waals surface area contributed by atoms with E-state index >= 15 is 0 Å². The van der Waals surface area contributed by atoms with Gasteiger partial charge in [-0.25, -0.2) is 0 Å². The monoisotopic (exact) mass is 397 g/mol. The maximum Gasteiger partial charge on any atom is 0.244 e. The van der Waals surface area contributed by atoms with Gasteiger partial charge in [-0.15, -0.1) is 0 Å². The lowest BCUT2D eigenvalue weighted by Gasteiger charge is -2.44. The smallest absolute Gasteiger partial charge is 0.244 e. The maximum absolute atomic E-state index is 12.0. The van der Waals surface area contributed by atoms with Gasteiger partial charge in [0.2, 0.25) is 5.91 Å². The molecule has 1 aliphatic heterocycles. The highest BCUT2D eigenvalue weighted by molar-refractivity contribution is 5.91. The highest BCUT2D eigenvalue weighted by Crippen LogP contribution is 2.30. The van der Waals surface area contributed by atoms with Gasteiger partial charge in [0.05, 0.1) is 0 Å². The lowest BCUT2D eigenvalue weighted by atomic mass is 9.84. The zero-order chi connectivity index (χ0) is 20.6. The Hall–Kier alpha value is -1.65. The van der Waals surface area contributed by atoms with Crippen molar-refractivity contribution in [2.24, 2.45) is 5.92 Å². The first kappa shape index (κ1) is 22.0. The van der Waals surface area contributed by atoms with Gasteiger partial charge in [0, 0.05) is 31.2 Å². The Kier molecular flexibility index (Phi) is 8.31. The number of likely N-dealkylation sites (tertiary alicyclic amines) is 1. The second-order valence-electron chi connectivity index (χ2n) is 9.10. The Labute approximate surface area is 177 Å². The van der Waals surface area contributed by atoms with E-state index in [0.29, 0.717) is 0 Å². The highest BCUT2D eigenvalue weighted by Gasteiger charge is 2.31. The van der Waals surface area contributed by atoms with Crippen LogP contribution in [0, 0.1) is 12.8 Å². The molecule has 4 nitrogen and oxygen atoms in total. The van der Waals surface area contributed by atoms with Gasteiger partial charge in [0.15, 0.2) is 0 Å². The summed E-state index contributed by atoms with van der Waals surface area (Å²) >= 11 is 0. The molecule has 1 saturated carbocycles. The SMILES string of the molecule is Cc1ccc(/C=C/C(=O)NCCN2CCC(N(C)[C@H]3CCCC[C@H]3C)CC2)cc1. The Morgan fingerprint density at radius 1 is 1.14 bits per heavy atom. The summed E-state index contributed by atoms with van der Waals surface area (Å²) in [6, 6.07) is 9.70. The van der Waals surface area contributed by atoms with Crippen LogP contribution in [0.3, 0.4) is 0 Å². The molecule has 0 radical (unpaired) electrons. The molecule has 4 heteroatoms. The number of aryl methyl sites for hydroxylation is 1. The van der Waals surface area contributed by atoms with E-state index in [1.165, 1.54) is 44.1 Å². The van der Waals surface area contributed by atoms with E-state index in [1.807, 2.05) is 18.2 Å². The topological polar surface area (TPSA) is 35.6 Å². The minimum absolute atomic E-state index is 0.00789. The molecule has 1 aromatic carbocycles. The van der Waals surface area contributed by atoms with Crippen LogP contribution in [0.15, 0.2) is 30.3 Å². The van der Waals surface area contributed by atoms with Crippen molar-refractivity contribution < 1.29 is 4.79 Å². The maximum atomic E-state index is 12.0. The van der Waals surface area contributed by atoms with Crippen LogP contribution in [0.4, 0.5) is 0 Å². The summed E-state index contributed by atoms with van der Waals surface area (Å²) in [7, 11) is 2.35. The second-order valence-corrected chi connectivity index (χ2v) is 9.10. The Bertz CT molecular complexity index is 661. The van der Waals surface area contributed by atoms with Crippen molar-refractivity contribution in [1.29, 1.82) is 0 Å². The molecule has 2 fully saturated rings. The Morgan fingerprint density at radius 2 is 1.83 bits per heavy atom. The van der Waals surface area contributed by atoms with E-state index < -0.39 is 0 Å². The summed E-state index contributed by atoms with van der Waals surface area (Å²) in [4.78, 5) is 17.2. The molecular formula is C25H39N3O. The van der Waals surface area contributed by atoms with Crippen molar-refractivity contribution >= 4 is 12.0 Å². The zero-order valence-electron chi connectivity index (χ0n) is 18.6. The van der Waals surface area contributed by atoms with Crippen molar-refractivity contribution in [2.45, 2.75) is 64.5 Å². The summed E-state index contributed by atoms with van der Waals surface area (Å²) in [5, 5.41) is 3.03. The number of hydrogen-bond acceptors (Lipinski definition) is 3. The van der Waals surface area contributed by atoms with E-state index in [-0.39, 0.29) is 5.91 Å². The first-order valence-corrected chi connectivity index (χ1v) is 11.5. The third kappa shape index (κ3) is 6.68. The minimum atomic E-state index is -0.00789. The molecule has 0 spiro atoms. The van der Waals surface area contributed by atoms with Crippen LogP contribution in [0.2, 0.25) is 0 Å². The normalized spacial score (nSPS) is 24.3. The molecule has 3 rings (SSSR count). The number of amides is 1. The number of carbonyl (C=O) groups is 1. The number of nitrogens with one attached hydrogen (secondary N) is 1. The largest absolute Gasteiger partial charge is 0.351 e.